The van der Waals surface area contributed by atoms with E-state index in [9.17, 15) is 14.4 Å². The minimum Gasteiger partial charge on any atom is -0.493 e. The maximum absolute atomic E-state index is 13.3. The predicted molar refractivity (Wildman–Crippen MR) is 168 cm³/mol. The third-order valence-corrected chi connectivity index (χ3v) is 6.78. The Morgan fingerprint density at radius 3 is 0.896 bits per heavy atom. The third kappa shape index (κ3) is 8.34. The summed E-state index contributed by atoms with van der Waals surface area (Å²) >= 11 is 0. The van der Waals surface area contributed by atoms with Gasteiger partial charge < -0.3 is 56.8 Å². The quantitative estimate of drug-likeness (QED) is 0.149. The molecule has 0 bridgehead atoms. The van der Waals surface area contributed by atoms with E-state index in [1.165, 1.54) is 100 Å². The van der Waals surface area contributed by atoms with Crippen molar-refractivity contribution < 1.29 is 71.2 Å². The summed E-state index contributed by atoms with van der Waals surface area (Å²) in [6.45, 7) is -1.04. The molecular formula is C33H38O15. The molecule has 48 heavy (non-hydrogen) atoms. The molecule has 0 aliphatic carbocycles. The van der Waals surface area contributed by atoms with Gasteiger partial charge in [0.1, 0.15) is 13.2 Å². The standard InChI is InChI=1S/C33H38O15/c1-37-22-10-18(11-23(38-2)28(22)43-7)31(34)46-16-21(48-33(36)20-14-26(41-5)30(45-9)27(15-20)42-6)17-47-32(35)19-12-24(39-3)29(44-8)25(13-19)40-4/h10-15,21H,16-17H2,1-9H3. The second-order valence-electron chi connectivity index (χ2n) is 9.47. The summed E-state index contributed by atoms with van der Waals surface area (Å²) in [6, 6.07) is 8.33. The van der Waals surface area contributed by atoms with E-state index in [0.717, 1.165) is 0 Å². The zero-order valence-corrected chi connectivity index (χ0v) is 28.1. The average molecular weight is 675 g/mol. The fraction of sp³-hybridized carbons (Fsp3) is 0.364. The van der Waals surface area contributed by atoms with E-state index in [4.69, 9.17) is 56.8 Å². The van der Waals surface area contributed by atoms with E-state index >= 15 is 0 Å². The van der Waals surface area contributed by atoms with Gasteiger partial charge in [-0.15, -0.1) is 0 Å². The number of ether oxygens (including phenoxy) is 12. The lowest BCUT2D eigenvalue weighted by molar-refractivity contribution is -0.0254. The fourth-order valence-corrected chi connectivity index (χ4v) is 4.44. The summed E-state index contributed by atoms with van der Waals surface area (Å²) in [7, 11) is 12.6. The van der Waals surface area contributed by atoms with E-state index in [0.29, 0.717) is 0 Å². The van der Waals surface area contributed by atoms with Gasteiger partial charge in [0.05, 0.1) is 80.7 Å². The second kappa shape index (κ2) is 17.3. The molecule has 0 aliphatic heterocycles. The molecule has 0 aliphatic rings. The first-order valence-corrected chi connectivity index (χ1v) is 14.1. The van der Waals surface area contributed by atoms with Crippen LogP contribution in [0.2, 0.25) is 0 Å². The SMILES string of the molecule is COc1cc(C(=O)OCC(COC(=O)c2cc(OC)c(OC)c(OC)c2)OC(=O)c2cc(OC)c(OC)c(OC)c2)cc(OC)c1OC. The second-order valence-corrected chi connectivity index (χ2v) is 9.47. The highest BCUT2D eigenvalue weighted by Gasteiger charge is 2.26. The van der Waals surface area contributed by atoms with Crippen molar-refractivity contribution in [1.82, 2.24) is 0 Å². The number of carbonyl (C=O) groups is 3. The van der Waals surface area contributed by atoms with E-state index in [1.54, 1.807) is 0 Å². The smallest absolute Gasteiger partial charge is 0.338 e. The van der Waals surface area contributed by atoms with E-state index in [2.05, 4.69) is 0 Å². The zero-order chi connectivity index (χ0) is 35.4. The van der Waals surface area contributed by atoms with E-state index in [-0.39, 0.29) is 68.4 Å². The minimum atomic E-state index is -1.28. The molecule has 0 spiro atoms. The Morgan fingerprint density at radius 2 is 0.667 bits per heavy atom. The van der Waals surface area contributed by atoms with Gasteiger partial charge >= 0.3 is 17.9 Å². The van der Waals surface area contributed by atoms with Crippen molar-refractivity contribution >= 4 is 17.9 Å². The number of esters is 3. The van der Waals surface area contributed by atoms with E-state index in [1.807, 2.05) is 0 Å². The summed E-state index contributed by atoms with van der Waals surface area (Å²) in [5.41, 5.74) is 0.114. The van der Waals surface area contributed by atoms with Crippen LogP contribution in [0.5, 0.6) is 51.7 Å². The topological polar surface area (TPSA) is 162 Å². The van der Waals surface area contributed by atoms with Gasteiger partial charge in [-0.25, -0.2) is 14.4 Å². The lowest BCUT2D eigenvalue weighted by atomic mass is 10.1. The molecule has 3 aromatic carbocycles. The lowest BCUT2D eigenvalue weighted by Crippen LogP contribution is -2.31. The van der Waals surface area contributed by atoms with Crippen LogP contribution in [-0.2, 0) is 14.2 Å². The van der Waals surface area contributed by atoms with Gasteiger partial charge in [-0.05, 0) is 36.4 Å². The summed E-state index contributed by atoms with van der Waals surface area (Å²) in [5, 5.41) is 0. The molecule has 3 rings (SSSR count). The molecule has 0 N–H and O–H groups in total. The van der Waals surface area contributed by atoms with Gasteiger partial charge in [0.15, 0.2) is 40.6 Å². The Balaban J connectivity index is 1.90. The molecule has 0 unspecified atom stereocenters. The van der Waals surface area contributed by atoms with Crippen molar-refractivity contribution in [2.45, 2.75) is 6.10 Å². The number of carbonyl (C=O) groups excluding carboxylic acids is 3. The van der Waals surface area contributed by atoms with Crippen LogP contribution in [0, 0.1) is 0 Å². The Hall–Kier alpha value is -5.73. The Bertz CT molecular complexity index is 1450. The van der Waals surface area contributed by atoms with Gasteiger partial charge in [-0.3, -0.25) is 0 Å². The fourth-order valence-electron chi connectivity index (χ4n) is 4.44. The van der Waals surface area contributed by atoms with E-state index < -0.39 is 37.2 Å². The normalized spacial score (nSPS) is 10.4. The molecule has 15 heteroatoms. The summed E-state index contributed by atoms with van der Waals surface area (Å²) in [6.07, 6.45) is -1.28. The van der Waals surface area contributed by atoms with Crippen LogP contribution in [0.25, 0.3) is 0 Å². The number of hydrogen-bond acceptors (Lipinski definition) is 15. The van der Waals surface area contributed by atoms with Gasteiger partial charge in [-0.1, -0.05) is 0 Å². The van der Waals surface area contributed by atoms with Gasteiger partial charge in [0.25, 0.3) is 0 Å². The summed E-state index contributed by atoms with van der Waals surface area (Å²) in [4.78, 5) is 39.6. The first-order chi connectivity index (χ1) is 23.1. The van der Waals surface area contributed by atoms with Crippen molar-refractivity contribution in [1.29, 1.82) is 0 Å². The van der Waals surface area contributed by atoms with Gasteiger partial charge in [-0.2, -0.15) is 0 Å². The molecule has 3 aromatic rings. The highest BCUT2D eigenvalue weighted by molar-refractivity contribution is 5.93. The van der Waals surface area contributed by atoms with Crippen molar-refractivity contribution in [2.24, 2.45) is 0 Å². The largest absolute Gasteiger partial charge is 0.493 e. The van der Waals surface area contributed by atoms with Gasteiger partial charge in [0.2, 0.25) is 17.2 Å². The molecule has 260 valence electrons. The van der Waals surface area contributed by atoms with Crippen LogP contribution in [0.4, 0.5) is 0 Å². The molecule has 0 amide bonds. The van der Waals surface area contributed by atoms with Crippen molar-refractivity contribution in [3.05, 3.63) is 53.1 Å². The highest BCUT2D eigenvalue weighted by atomic mass is 16.6. The Labute approximate surface area is 277 Å². The molecule has 0 saturated heterocycles. The number of hydrogen-bond donors (Lipinski definition) is 0. The van der Waals surface area contributed by atoms with Crippen LogP contribution in [0.3, 0.4) is 0 Å². The predicted octanol–water partition coefficient (Wildman–Crippen LogP) is 4.00. The van der Waals surface area contributed by atoms with Crippen LogP contribution in [0.1, 0.15) is 31.1 Å². The molecule has 0 saturated carbocycles. The molecule has 0 atom stereocenters. The lowest BCUT2D eigenvalue weighted by Gasteiger charge is -2.20. The van der Waals surface area contributed by atoms with Crippen LogP contribution in [0.15, 0.2) is 36.4 Å². The molecule has 0 radical (unpaired) electrons. The molecule has 0 fully saturated rings. The number of benzene rings is 3. The molecule has 15 nitrogen and oxygen atoms in total. The van der Waals surface area contributed by atoms with Gasteiger partial charge in [0, 0.05) is 0 Å². The summed E-state index contributed by atoms with van der Waals surface area (Å²) in [5.74, 6) is -0.452. The Kier molecular flexibility index (Phi) is 13.2. The third-order valence-electron chi connectivity index (χ3n) is 6.78. The number of rotatable bonds is 17. The minimum absolute atomic E-state index is 0.0152. The maximum Gasteiger partial charge on any atom is 0.338 e. The first kappa shape index (κ1) is 36.7. The Morgan fingerprint density at radius 1 is 0.417 bits per heavy atom. The maximum atomic E-state index is 13.3. The highest BCUT2D eigenvalue weighted by Crippen LogP contribution is 2.40. The van der Waals surface area contributed by atoms with Crippen LogP contribution >= 0.6 is 0 Å². The summed E-state index contributed by atoms with van der Waals surface area (Å²) < 4.78 is 64.4. The molecule has 0 heterocycles. The zero-order valence-electron chi connectivity index (χ0n) is 28.1. The van der Waals surface area contributed by atoms with Crippen molar-refractivity contribution in [3.63, 3.8) is 0 Å². The molecular weight excluding hydrogens is 636 g/mol. The first-order valence-electron chi connectivity index (χ1n) is 14.1. The monoisotopic (exact) mass is 674 g/mol. The number of methoxy groups -OCH3 is 9. The van der Waals surface area contributed by atoms with Crippen molar-refractivity contribution in [3.8, 4) is 51.7 Å². The average Bonchev–Trinajstić information content (AvgIpc) is 3.12. The van der Waals surface area contributed by atoms with Crippen molar-refractivity contribution in [2.75, 3.05) is 77.2 Å². The van der Waals surface area contributed by atoms with Crippen LogP contribution in [-0.4, -0.2) is 101 Å². The van der Waals surface area contributed by atoms with Crippen LogP contribution < -0.4 is 42.6 Å². The molecule has 0 aromatic heterocycles.